The van der Waals surface area contributed by atoms with Crippen molar-refractivity contribution < 1.29 is 35.9 Å². The first-order valence-electron chi connectivity index (χ1n) is 13.0. The fourth-order valence-corrected chi connectivity index (χ4v) is 5.17. The molecule has 0 aliphatic carbocycles. The largest absolute Gasteiger partial charge is 0.468 e. The van der Waals surface area contributed by atoms with Crippen LogP contribution in [0.3, 0.4) is 0 Å². The number of esters is 1. The van der Waals surface area contributed by atoms with Gasteiger partial charge in [0.05, 0.1) is 30.3 Å². The molecule has 0 bridgehead atoms. The van der Waals surface area contributed by atoms with E-state index in [0.29, 0.717) is 11.1 Å². The number of nitrogens with one attached hydrogen (secondary N) is 1. The number of hydrogen-bond acceptors (Lipinski definition) is 4. The average molecular weight is 565 g/mol. The molecule has 0 saturated carbocycles. The molecule has 0 amide bonds. The van der Waals surface area contributed by atoms with E-state index in [-0.39, 0.29) is 0 Å². The Bertz CT molecular complexity index is 1180. The van der Waals surface area contributed by atoms with E-state index < -0.39 is 47.6 Å². The summed E-state index contributed by atoms with van der Waals surface area (Å²) in [6, 6.07) is 15.7. The topological polar surface area (TPSA) is 41.6 Å². The number of hydrogen-bond donors (Lipinski definition) is 1. The van der Waals surface area contributed by atoms with Crippen molar-refractivity contribution in [1.82, 2.24) is 10.2 Å². The lowest BCUT2D eigenvalue weighted by Gasteiger charge is -2.40. The minimum atomic E-state index is -4.56. The number of carbonyl (C=O) groups is 1. The number of benzene rings is 3. The molecule has 3 aromatic carbocycles. The molecule has 0 unspecified atom stereocenters. The summed E-state index contributed by atoms with van der Waals surface area (Å²) in [6.07, 6.45) is -6.21. The quantitative estimate of drug-likeness (QED) is 0.233. The summed E-state index contributed by atoms with van der Waals surface area (Å²) < 4.78 is 84.8. The lowest BCUT2D eigenvalue weighted by molar-refractivity contribution is -0.145. The maximum absolute atomic E-state index is 13.3. The zero-order chi connectivity index (χ0) is 28.9. The van der Waals surface area contributed by atoms with Gasteiger partial charge in [0, 0.05) is 0 Å². The van der Waals surface area contributed by atoms with Gasteiger partial charge in [-0.05, 0) is 66.9 Å². The first-order valence-corrected chi connectivity index (χ1v) is 13.0. The zero-order valence-corrected chi connectivity index (χ0v) is 21.8. The van der Waals surface area contributed by atoms with Gasteiger partial charge in [-0.25, -0.2) is 0 Å². The molecule has 10 heteroatoms. The van der Waals surface area contributed by atoms with E-state index in [1.165, 1.54) is 31.4 Å². The first-order chi connectivity index (χ1) is 19.0. The molecule has 3 aromatic rings. The van der Waals surface area contributed by atoms with Crippen molar-refractivity contribution in [2.45, 2.75) is 49.7 Å². The number of alkyl halides is 6. The molecule has 1 aliphatic rings. The molecule has 1 aliphatic heterocycles. The van der Waals surface area contributed by atoms with Crippen LogP contribution in [0.25, 0.3) is 0 Å². The van der Waals surface area contributed by atoms with Crippen LogP contribution in [-0.2, 0) is 21.9 Å². The molecule has 40 heavy (non-hydrogen) atoms. The SMILES string of the molecule is COC(=O)[C@@H](NC(c1ccc(C(F)(F)F)cc1)c1ccc(C(F)(F)F)cc1)[C@H](c1ccccc1)N1CCCCC1. The van der Waals surface area contributed by atoms with E-state index >= 15 is 0 Å². The molecule has 1 heterocycles. The highest BCUT2D eigenvalue weighted by atomic mass is 19.4. The lowest BCUT2D eigenvalue weighted by atomic mass is 9.91. The Hall–Kier alpha value is -3.37. The maximum Gasteiger partial charge on any atom is 0.416 e. The number of ether oxygens (including phenoxy) is 1. The van der Waals surface area contributed by atoms with E-state index in [1.807, 2.05) is 30.3 Å². The smallest absolute Gasteiger partial charge is 0.416 e. The van der Waals surface area contributed by atoms with Gasteiger partial charge in [-0.15, -0.1) is 0 Å². The van der Waals surface area contributed by atoms with Crippen LogP contribution in [0.1, 0.15) is 59.2 Å². The van der Waals surface area contributed by atoms with Crippen molar-refractivity contribution in [2.24, 2.45) is 0 Å². The third-order valence-corrected chi connectivity index (χ3v) is 7.18. The Morgan fingerprint density at radius 1 is 0.725 bits per heavy atom. The van der Waals surface area contributed by atoms with Crippen LogP contribution in [0.5, 0.6) is 0 Å². The molecule has 4 rings (SSSR count). The van der Waals surface area contributed by atoms with Crippen molar-refractivity contribution in [3.8, 4) is 0 Å². The van der Waals surface area contributed by atoms with E-state index in [9.17, 15) is 31.1 Å². The number of nitrogens with zero attached hydrogens (tertiary/aromatic N) is 1. The van der Waals surface area contributed by atoms with Crippen LogP contribution in [0, 0.1) is 0 Å². The molecule has 0 radical (unpaired) electrons. The number of methoxy groups -OCH3 is 1. The molecule has 1 fully saturated rings. The van der Waals surface area contributed by atoms with E-state index in [0.717, 1.165) is 62.2 Å². The molecule has 0 aromatic heterocycles. The molecule has 2 atom stereocenters. The minimum Gasteiger partial charge on any atom is -0.468 e. The molecule has 214 valence electrons. The molecular weight excluding hydrogens is 534 g/mol. The second-order valence-corrected chi connectivity index (χ2v) is 9.79. The number of piperidine rings is 1. The Balaban J connectivity index is 1.80. The molecule has 0 spiro atoms. The predicted octanol–water partition coefficient (Wildman–Crippen LogP) is 7.17. The zero-order valence-electron chi connectivity index (χ0n) is 21.8. The van der Waals surface area contributed by atoms with Gasteiger partial charge < -0.3 is 4.74 Å². The summed E-state index contributed by atoms with van der Waals surface area (Å²) in [4.78, 5) is 15.5. The maximum atomic E-state index is 13.3. The Morgan fingerprint density at radius 3 is 1.62 bits per heavy atom. The van der Waals surface area contributed by atoms with Gasteiger partial charge in [-0.3, -0.25) is 15.0 Å². The first kappa shape index (κ1) is 29.6. The highest BCUT2D eigenvalue weighted by Gasteiger charge is 2.38. The summed E-state index contributed by atoms with van der Waals surface area (Å²) in [6.45, 7) is 1.44. The molecule has 4 nitrogen and oxygen atoms in total. The van der Waals surface area contributed by atoms with Crippen LogP contribution in [-0.4, -0.2) is 37.1 Å². The van der Waals surface area contributed by atoms with Crippen LogP contribution < -0.4 is 5.32 Å². The number of halogens is 6. The van der Waals surface area contributed by atoms with Crippen LogP contribution in [0.15, 0.2) is 78.9 Å². The highest BCUT2D eigenvalue weighted by Crippen LogP contribution is 2.35. The van der Waals surface area contributed by atoms with Gasteiger partial charge in [0.15, 0.2) is 0 Å². The normalized spacial score (nSPS) is 16.5. The van der Waals surface area contributed by atoms with Crippen molar-refractivity contribution in [1.29, 1.82) is 0 Å². The summed E-state index contributed by atoms with van der Waals surface area (Å²) in [7, 11) is 1.25. The average Bonchev–Trinajstić information content (AvgIpc) is 2.95. The van der Waals surface area contributed by atoms with E-state index in [4.69, 9.17) is 4.74 Å². The van der Waals surface area contributed by atoms with Crippen molar-refractivity contribution in [3.05, 3.63) is 107 Å². The van der Waals surface area contributed by atoms with E-state index in [1.54, 1.807) is 0 Å². The molecular formula is C30H30F6N2O2. The fraction of sp³-hybridized carbons (Fsp3) is 0.367. The predicted molar refractivity (Wildman–Crippen MR) is 138 cm³/mol. The van der Waals surface area contributed by atoms with E-state index in [2.05, 4.69) is 10.2 Å². The van der Waals surface area contributed by atoms with Crippen molar-refractivity contribution >= 4 is 5.97 Å². The third-order valence-electron chi connectivity index (χ3n) is 7.18. The van der Waals surface area contributed by atoms with Gasteiger partial charge in [0.2, 0.25) is 0 Å². The Labute approximate surface area is 228 Å². The summed E-state index contributed by atoms with van der Waals surface area (Å²) in [5.41, 5.74) is -0.171. The second-order valence-electron chi connectivity index (χ2n) is 9.79. The van der Waals surface area contributed by atoms with Crippen LogP contribution in [0.2, 0.25) is 0 Å². The molecule has 1 N–H and O–H groups in total. The summed E-state index contributed by atoms with van der Waals surface area (Å²) in [5, 5.41) is 3.27. The minimum absolute atomic E-state index is 0.354. The highest BCUT2D eigenvalue weighted by molar-refractivity contribution is 5.77. The Morgan fingerprint density at radius 2 is 1.20 bits per heavy atom. The standard InChI is InChI=1S/C30H30F6N2O2/c1-40-28(39)26(27(22-8-4-2-5-9-22)38-18-6-3-7-19-38)37-25(20-10-14-23(15-11-20)29(31,32)33)21-12-16-24(17-13-21)30(34,35)36/h2,4-5,8-17,25-27,37H,3,6-7,18-19H2,1H3/t26-,27-/m0/s1. The van der Waals surface area contributed by atoms with Gasteiger partial charge in [-0.1, -0.05) is 61.0 Å². The van der Waals surface area contributed by atoms with Gasteiger partial charge in [0.25, 0.3) is 0 Å². The second kappa shape index (κ2) is 12.4. The molecule has 1 saturated heterocycles. The monoisotopic (exact) mass is 564 g/mol. The lowest BCUT2D eigenvalue weighted by Crippen LogP contribution is -2.51. The van der Waals surface area contributed by atoms with Gasteiger partial charge >= 0.3 is 18.3 Å². The number of likely N-dealkylation sites (tertiary alicyclic amines) is 1. The van der Waals surface area contributed by atoms with Gasteiger partial charge in [0.1, 0.15) is 6.04 Å². The third kappa shape index (κ3) is 7.03. The van der Waals surface area contributed by atoms with Crippen LogP contribution >= 0.6 is 0 Å². The van der Waals surface area contributed by atoms with Crippen LogP contribution in [0.4, 0.5) is 26.3 Å². The summed E-state index contributed by atoms with van der Waals surface area (Å²) in [5.74, 6) is -0.594. The van der Waals surface area contributed by atoms with Crippen molar-refractivity contribution in [2.75, 3.05) is 20.2 Å². The number of rotatable bonds is 8. The van der Waals surface area contributed by atoms with Gasteiger partial charge in [-0.2, -0.15) is 26.3 Å². The fourth-order valence-electron chi connectivity index (χ4n) is 5.17. The summed E-state index contributed by atoms with van der Waals surface area (Å²) >= 11 is 0. The number of carbonyl (C=O) groups excluding carboxylic acids is 1. The van der Waals surface area contributed by atoms with Crippen molar-refractivity contribution in [3.63, 3.8) is 0 Å². The Kier molecular flexibility index (Phi) is 9.20.